The van der Waals surface area contributed by atoms with Crippen molar-refractivity contribution < 1.29 is 33.7 Å². The van der Waals surface area contributed by atoms with Crippen LogP contribution in [0.1, 0.15) is 59.7 Å². The first-order valence-corrected chi connectivity index (χ1v) is 12.2. The molecule has 4 atom stereocenters. The standard InChI is InChI=1S/C25H39N3O7/c1-7-17(3)34-23(31)19(22(29)30)21(33-8-2)20(18-11-9-10-12-26-18)27-13-15-28(16-14-27)24(32)35-25(4,5)6/h9-12,17,19-21H,7-8,13-16H2,1-6H3,(H,29,30). The number of aliphatic carboxylic acids is 1. The first-order chi connectivity index (χ1) is 16.5. The summed E-state index contributed by atoms with van der Waals surface area (Å²) in [4.78, 5) is 45.9. The molecule has 1 aliphatic rings. The van der Waals surface area contributed by atoms with Crippen LogP contribution >= 0.6 is 0 Å². The Bertz CT molecular complexity index is 835. The van der Waals surface area contributed by atoms with Gasteiger partial charge in [0.2, 0.25) is 0 Å². The highest BCUT2D eigenvalue weighted by Crippen LogP contribution is 2.32. The third kappa shape index (κ3) is 8.17. The summed E-state index contributed by atoms with van der Waals surface area (Å²) >= 11 is 0. The molecule has 1 N–H and O–H groups in total. The Morgan fingerprint density at radius 3 is 2.26 bits per heavy atom. The molecule has 4 unspecified atom stereocenters. The molecule has 0 spiro atoms. The molecule has 0 radical (unpaired) electrons. The average Bonchev–Trinajstić information content (AvgIpc) is 2.79. The molecule has 0 saturated carbocycles. The number of carbonyl (C=O) groups is 3. The minimum atomic E-state index is -1.54. The van der Waals surface area contributed by atoms with Gasteiger partial charge in [-0.2, -0.15) is 0 Å². The average molecular weight is 494 g/mol. The van der Waals surface area contributed by atoms with Gasteiger partial charge < -0.3 is 24.2 Å². The number of hydrogen-bond acceptors (Lipinski definition) is 8. The first-order valence-electron chi connectivity index (χ1n) is 12.2. The highest BCUT2D eigenvalue weighted by molar-refractivity contribution is 5.95. The molecular weight excluding hydrogens is 454 g/mol. The highest BCUT2D eigenvalue weighted by Gasteiger charge is 2.46. The van der Waals surface area contributed by atoms with Crippen LogP contribution in [0.2, 0.25) is 0 Å². The van der Waals surface area contributed by atoms with Crippen LogP contribution in [0, 0.1) is 5.92 Å². The number of piperazine rings is 1. The second-order valence-electron chi connectivity index (χ2n) is 9.59. The van der Waals surface area contributed by atoms with E-state index in [4.69, 9.17) is 14.2 Å². The van der Waals surface area contributed by atoms with Crippen molar-refractivity contribution in [2.45, 2.75) is 71.8 Å². The Labute approximate surface area is 207 Å². The Hall–Kier alpha value is -2.72. The predicted molar refractivity (Wildman–Crippen MR) is 129 cm³/mol. The van der Waals surface area contributed by atoms with Crippen molar-refractivity contribution in [3.8, 4) is 0 Å². The molecule has 2 heterocycles. The van der Waals surface area contributed by atoms with E-state index in [1.165, 1.54) is 0 Å². The van der Waals surface area contributed by atoms with Crippen LogP contribution in [0.25, 0.3) is 0 Å². The number of amides is 1. The van der Waals surface area contributed by atoms with Gasteiger partial charge in [0.1, 0.15) is 11.7 Å². The Morgan fingerprint density at radius 2 is 1.77 bits per heavy atom. The van der Waals surface area contributed by atoms with Crippen LogP contribution in [-0.2, 0) is 23.8 Å². The molecule has 35 heavy (non-hydrogen) atoms. The summed E-state index contributed by atoms with van der Waals surface area (Å²) in [7, 11) is 0. The number of esters is 1. The van der Waals surface area contributed by atoms with E-state index < -0.39 is 47.8 Å². The number of ether oxygens (including phenoxy) is 3. The van der Waals surface area contributed by atoms with E-state index in [1.807, 2.05) is 38.7 Å². The quantitative estimate of drug-likeness (QED) is 0.387. The van der Waals surface area contributed by atoms with Crippen molar-refractivity contribution in [2.24, 2.45) is 5.92 Å². The summed E-state index contributed by atoms with van der Waals surface area (Å²) in [5.41, 5.74) is -0.0191. The lowest BCUT2D eigenvalue weighted by atomic mass is 9.91. The van der Waals surface area contributed by atoms with Crippen LogP contribution in [-0.4, -0.2) is 88.5 Å². The SMILES string of the molecule is CCOC(C(C(=O)O)C(=O)OC(C)CC)C(c1ccccn1)N1CCN(C(=O)OC(C)(C)C)CC1. The second-order valence-corrected chi connectivity index (χ2v) is 9.59. The van der Waals surface area contributed by atoms with Crippen LogP contribution < -0.4 is 0 Å². The minimum Gasteiger partial charge on any atom is -0.481 e. The van der Waals surface area contributed by atoms with E-state index in [-0.39, 0.29) is 6.61 Å². The lowest BCUT2D eigenvalue weighted by Crippen LogP contribution is -2.55. The summed E-state index contributed by atoms with van der Waals surface area (Å²) in [5.74, 6) is -3.69. The maximum Gasteiger partial charge on any atom is 0.410 e. The summed E-state index contributed by atoms with van der Waals surface area (Å²) < 4.78 is 16.8. The van der Waals surface area contributed by atoms with E-state index in [9.17, 15) is 19.5 Å². The predicted octanol–water partition coefficient (Wildman–Crippen LogP) is 3.12. The van der Waals surface area contributed by atoms with Gasteiger partial charge >= 0.3 is 18.0 Å². The normalized spacial score (nSPS) is 18.3. The lowest BCUT2D eigenvalue weighted by Gasteiger charge is -2.42. The lowest BCUT2D eigenvalue weighted by molar-refractivity contribution is -0.173. The smallest absolute Gasteiger partial charge is 0.410 e. The number of carbonyl (C=O) groups excluding carboxylic acids is 2. The van der Waals surface area contributed by atoms with Gasteiger partial charge in [-0.05, 0) is 53.2 Å². The molecule has 0 bridgehead atoms. The fourth-order valence-electron chi connectivity index (χ4n) is 3.92. The molecule has 10 nitrogen and oxygen atoms in total. The van der Waals surface area contributed by atoms with Crippen molar-refractivity contribution in [3.05, 3.63) is 30.1 Å². The number of rotatable bonds is 10. The summed E-state index contributed by atoms with van der Waals surface area (Å²) in [6, 6.07) is 4.73. The third-order valence-corrected chi connectivity index (χ3v) is 5.76. The number of pyridine rings is 1. The fraction of sp³-hybridized carbons (Fsp3) is 0.680. The molecule has 2 rings (SSSR count). The molecule has 1 aromatic heterocycles. The number of aromatic nitrogens is 1. The Kier molecular flexibility index (Phi) is 10.5. The summed E-state index contributed by atoms with van der Waals surface area (Å²) in [5, 5.41) is 10.1. The monoisotopic (exact) mass is 493 g/mol. The van der Waals surface area contributed by atoms with E-state index >= 15 is 0 Å². The van der Waals surface area contributed by atoms with Gasteiger partial charge in [0.25, 0.3) is 0 Å². The minimum absolute atomic E-state index is 0.201. The molecule has 10 heteroatoms. The van der Waals surface area contributed by atoms with Crippen LogP contribution in [0.15, 0.2) is 24.4 Å². The zero-order valence-electron chi connectivity index (χ0n) is 21.6. The van der Waals surface area contributed by atoms with Gasteiger partial charge in [0, 0.05) is 39.0 Å². The van der Waals surface area contributed by atoms with E-state index in [1.54, 1.807) is 37.1 Å². The van der Waals surface area contributed by atoms with Gasteiger partial charge in [-0.25, -0.2) is 4.79 Å². The first kappa shape index (κ1) is 28.5. The maximum atomic E-state index is 13.0. The van der Waals surface area contributed by atoms with Crippen molar-refractivity contribution in [2.75, 3.05) is 32.8 Å². The zero-order valence-corrected chi connectivity index (χ0v) is 21.6. The molecule has 196 valence electrons. The van der Waals surface area contributed by atoms with E-state index in [0.717, 1.165) is 0 Å². The molecule has 1 saturated heterocycles. The molecule has 1 amide bonds. The summed E-state index contributed by atoms with van der Waals surface area (Å²) in [6.07, 6.45) is 0.325. The highest BCUT2D eigenvalue weighted by atomic mass is 16.6. The van der Waals surface area contributed by atoms with Crippen molar-refractivity contribution in [3.63, 3.8) is 0 Å². The molecule has 0 aliphatic carbocycles. The molecular formula is C25H39N3O7. The van der Waals surface area contributed by atoms with E-state index in [0.29, 0.717) is 38.3 Å². The van der Waals surface area contributed by atoms with Crippen molar-refractivity contribution >= 4 is 18.0 Å². The van der Waals surface area contributed by atoms with Crippen LogP contribution in [0.5, 0.6) is 0 Å². The molecule has 1 fully saturated rings. The largest absolute Gasteiger partial charge is 0.481 e. The zero-order chi connectivity index (χ0) is 26.2. The number of nitrogens with zero attached hydrogens (tertiary/aromatic N) is 3. The fourth-order valence-corrected chi connectivity index (χ4v) is 3.92. The molecule has 0 aromatic carbocycles. The second kappa shape index (κ2) is 12.8. The topological polar surface area (TPSA) is 118 Å². The molecule has 1 aromatic rings. The van der Waals surface area contributed by atoms with Crippen LogP contribution in [0.4, 0.5) is 4.79 Å². The molecule has 1 aliphatic heterocycles. The number of carboxylic acids is 1. The van der Waals surface area contributed by atoms with Gasteiger partial charge in [-0.15, -0.1) is 0 Å². The van der Waals surface area contributed by atoms with Crippen molar-refractivity contribution in [1.82, 2.24) is 14.8 Å². The number of carboxylic acid groups (broad SMARTS) is 1. The van der Waals surface area contributed by atoms with Gasteiger partial charge in [0.05, 0.1) is 17.8 Å². The van der Waals surface area contributed by atoms with Gasteiger partial charge in [-0.3, -0.25) is 19.5 Å². The Balaban J connectivity index is 2.35. The van der Waals surface area contributed by atoms with Gasteiger partial charge in [-0.1, -0.05) is 13.0 Å². The van der Waals surface area contributed by atoms with Crippen molar-refractivity contribution in [1.29, 1.82) is 0 Å². The third-order valence-electron chi connectivity index (χ3n) is 5.76. The van der Waals surface area contributed by atoms with Gasteiger partial charge in [0.15, 0.2) is 5.92 Å². The Morgan fingerprint density at radius 1 is 1.11 bits per heavy atom. The maximum absolute atomic E-state index is 13.0. The summed E-state index contributed by atoms with van der Waals surface area (Å²) in [6.45, 7) is 12.6. The van der Waals surface area contributed by atoms with Crippen LogP contribution in [0.3, 0.4) is 0 Å². The number of hydrogen-bond donors (Lipinski definition) is 1. The van der Waals surface area contributed by atoms with E-state index in [2.05, 4.69) is 4.98 Å².